The number of hydrogen-bond donors (Lipinski definition) is 2. The fourth-order valence-corrected chi connectivity index (χ4v) is 3.00. The predicted octanol–water partition coefficient (Wildman–Crippen LogP) is 3.72. The first-order valence-corrected chi connectivity index (χ1v) is 8.07. The minimum Gasteiger partial charge on any atom is -0.497 e. The SMILES string of the molecule is C=C1NC(=O)N[C@@H](c2ccc(OC)cc2)[C@@H]1C(=O)c1ccc(Cl)cc1. The second-order valence-corrected chi connectivity index (χ2v) is 6.16. The van der Waals surface area contributed by atoms with E-state index in [-0.39, 0.29) is 11.8 Å². The van der Waals surface area contributed by atoms with Crippen molar-refractivity contribution in [1.29, 1.82) is 0 Å². The Morgan fingerprint density at radius 3 is 2.36 bits per heavy atom. The standard InChI is InChI=1S/C19H17ClN2O3/c1-11-16(18(23)13-3-7-14(20)8-4-13)17(22-19(24)21-11)12-5-9-15(25-2)10-6-12/h3-10,16-17H,1H2,2H3,(H2,21,22,24)/t16-,17+/m1/s1. The average Bonchev–Trinajstić information content (AvgIpc) is 2.61. The highest BCUT2D eigenvalue weighted by Crippen LogP contribution is 2.33. The van der Waals surface area contributed by atoms with Crippen LogP contribution in [0.15, 0.2) is 60.8 Å². The number of Topliss-reactive ketones (excluding diaryl/α,β-unsaturated/α-hetero) is 1. The number of methoxy groups -OCH3 is 1. The van der Waals surface area contributed by atoms with Gasteiger partial charge in [-0.15, -0.1) is 0 Å². The number of urea groups is 1. The lowest BCUT2D eigenvalue weighted by Crippen LogP contribution is -2.50. The lowest BCUT2D eigenvalue weighted by molar-refractivity contribution is 0.0905. The van der Waals surface area contributed by atoms with Gasteiger partial charge in [0.05, 0.1) is 19.1 Å². The van der Waals surface area contributed by atoms with Crippen LogP contribution in [-0.4, -0.2) is 18.9 Å². The number of carbonyl (C=O) groups is 2. The molecular formula is C19H17ClN2O3. The number of amides is 2. The molecule has 5 nitrogen and oxygen atoms in total. The minimum absolute atomic E-state index is 0.144. The number of halogens is 1. The van der Waals surface area contributed by atoms with Crippen LogP contribution >= 0.6 is 11.6 Å². The molecule has 2 atom stereocenters. The van der Waals surface area contributed by atoms with Gasteiger partial charge in [-0.3, -0.25) is 4.79 Å². The highest BCUT2D eigenvalue weighted by Gasteiger charge is 2.38. The summed E-state index contributed by atoms with van der Waals surface area (Å²) in [6.07, 6.45) is 0. The van der Waals surface area contributed by atoms with Gasteiger partial charge in [-0.25, -0.2) is 4.79 Å². The van der Waals surface area contributed by atoms with E-state index < -0.39 is 12.0 Å². The molecule has 0 radical (unpaired) electrons. The zero-order valence-corrected chi connectivity index (χ0v) is 14.3. The molecule has 2 N–H and O–H groups in total. The highest BCUT2D eigenvalue weighted by molar-refractivity contribution is 6.30. The monoisotopic (exact) mass is 356 g/mol. The van der Waals surface area contributed by atoms with Crippen LogP contribution in [0.1, 0.15) is 22.0 Å². The first-order chi connectivity index (χ1) is 12.0. The molecule has 1 fully saturated rings. The number of ether oxygens (including phenoxy) is 1. The van der Waals surface area contributed by atoms with Gasteiger partial charge in [-0.1, -0.05) is 30.3 Å². The first kappa shape index (κ1) is 17.0. The Bertz CT molecular complexity index is 816. The Balaban J connectivity index is 1.97. The lowest BCUT2D eigenvalue weighted by Gasteiger charge is -2.34. The predicted molar refractivity (Wildman–Crippen MR) is 95.8 cm³/mol. The summed E-state index contributed by atoms with van der Waals surface area (Å²) in [5.41, 5.74) is 1.67. The van der Waals surface area contributed by atoms with Crippen molar-refractivity contribution in [1.82, 2.24) is 10.6 Å². The summed E-state index contributed by atoms with van der Waals surface area (Å²) in [5.74, 6) is -0.0781. The molecule has 1 heterocycles. The van der Waals surface area contributed by atoms with Gasteiger partial charge >= 0.3 is 6.03 Å². The summed E-state index contributed by atoms with van der Waals surface area (Å²) >= 11 is 5.89. The van der Waals surface area contributed by atoms with Crippen molar-refractivity contribution in [3.05, 3.63) is 77.0 Å². The normalized spacial score (nSPS) is 19.8. The number of rotatable bonds is 4. The van der Waals surface area contributed by atoms with Crippen molar-refractivity contribution in [2.45, 2.75) is 6.04 Å². The molecule has 0 saturated carbocycles. The molecule has 3 rings (SSSR count). The van der Waals surface area contributed by atoms with Crippen molar-refractivity contribution in [3.63, 3.8) is 0 Å². The van der Waals surface area contributed by atoms with Crippen LogP contribution in [0.3, 0.4) is 0 Å². The second-order valence-electron chi connectivity index (χ2n) is 5.72. The Hall–Kier alpha value is -2.79. The second kappa shape index (κ2) is 6.99. The Morgan fingerprint density at radius 1 is 1.12 bits per heavy atom. The van der Waals surface area contributed by atoms with Crippen LogP contribution in [0.25, 0.3) is 0 Å². The van der Waals surface area contributed by atoms with Crippen LogP contribution in [-0.2, 0) is 0 Å². The molecule has 2 amide bonds. The third-order valence-corrected chi connectivity index (χ3v) is 4.41. The summed E-state index contributed by atoms with van der Waals surface area (Å²) < 4.78 is 5.16. The number of carbonyl (C=O) groups excluding carboxylic acids is 2. The summed E-state index contributed by atoms with van der Waals surface area (Å²) in [4.78, 5) is 24.9. The molecule has 6 heteroatoms. The molecule has 1 aliphatic rings. The van der Waals surface area contributed by atoms with E-state index in [1.807, 2.05) is 12.1 Å². The summed E-state index contributed by atoms with van der Waals surface area (Å²) in [6, 6.07) is 13.0. The fraction of sp³-hybridized carbons (Fsp3) is 0.158. The van der Waals surface area contributed by atoms with E-state index >= 15 is 0 Å². The van der Waals surface area contributed by atoms with E-state index in [0.29, 0.717) is 22.0 Å². The third kappa shape index (κ3) is 3.51. The molecule has 0 spiro atoms. The van der Waals surface area contributed by atoms with Crippen LogP contribution in [0.5, 0.6) is 5.75 Å². The van der Waals surface area contributed by atoms with Gasteiger partial charge in [0.25, 0.3) is 0 Å². The molecule has 1 aliphatic heterocycles. The maximum atomic E-state index is 13.0. The van der Waals surface area contributed by atoms with Gasteiger partial charge in [0, 0.05) is 16.3 Å². The van der Waals surface area contributed by atoms with Gasteiger partial charge in [0.1, 0.15) is 5.75 Å². The van der Waals surface area contributed by atoms with Crippen molar-refractivity contribution in [3.8, 4) is 5.75 Å². The Kier molecular flexibility index (Phi) is 4.76. The molecule has 128 valence electrons. The quantitative estimate of drug-likeness (QED) is 0.820. The number of benzene rings is 2. The number of hydrogen-bond acceptors (Lipinski definition) is 3. The van der Waals surface area contributed by atoms with Crippen LogP contribution in [0.4, 0.5) is 4.79 Å². The Labute approximate surface area is 150 Å². The largest absolute Gasteiger partial charge is 0.497 e. The highest BCUT2D eigenvalue weighted by atomic mass is 35.5. The van der Waals surface area contributed by atoms with Gasteiger partial charge < -0.3 is 15.4 Å². The summed E-state index contributed by atoms with van der Waals surface area (Å²) in [7, 11) is 1.58. The average molecular weight is 357 g/mol. The molecule has 1 saturated heterocycles. The van der Waals surface area contributed by atoms with E-state index in [9.17, 15) is 9.59 Å². The molecule has 2 aromatic carbocycles. The van der Waals surface area contributed by atoms with E-state index in [0.717, 1.165) is 5.56 Å². The van der Waals surface area contributed by atoms with E-state index in [2.05, 4.69) is 17.2 Å². The lowest BCUT2D eigenvalue weighted by atomic mass is 9.83. The third-order valence-electron chi connectivity index (χ3n) is 4.16. The van der Waals surface area contributed by atoms with Crippen LogP contribution in [0, 0.1) is 5.92 Å². The van der Waals surface area contributed by atoms with Crippen molar-refractivity contribution >= 4 is 23.4 Å². The Morgan fingerprint density at radius 2 is 1.76 bits per heavy atom. The summed E-state index contributed by atoms with van der Waals surface area (Å²) in [6.45, 7) is 3.88. The molecular weight excluding hydrogens is 340 g/mol. The smallest absolute Gasteiger partial charge is 0.319 e. The molecule has 0 aromatic heterocycles. The van der Waals surface area contributed by atoms with Gasteiger partial charge in [0.15, 0.2) is 5.78 Å². The first-order valence-electron chi connectivity index (χ1n) is 7.69. The number of ketones is 1. The maximum Gasteiger partial charge on any atom is 0.319 e. The number of nitrogens with one attached hydrogen (secondary N) is 2. The molecule has 0 bridgehead atoms. The summed E-state index contributed by atoms with van der Waals surface area (Å²) in [5, 5.41) is 5.96. The van der Waals surface area contributed by atoms with E-state index in [1.54, 1.807) is 43.5 Å². The fourth-order valence-electron chi connectivity index (χ4n) is 2.88. The van der Waals surface area contributed by atoms with Crippen molar-refractivity contribution in [2.75, 3.05) is 7.11 Å². The molecule has 0 aliphatic carbocycles. The van der Waals surface area contributed by atoms with Gasteiger partial charge in [-0.2, -0.15) is 0 Å². The van der Waals surface area contributed by atoms with Crippen molar-refractivity contribution < 1.29 is 14.3 Å². The molecule has 25 heavy (non-hydrogen) atoms. The zero-order valence-electron chi connectivity index (χ0n) is 13.6. The minimum atomic E-state index is -0.632. The molecule has 2 aromatic rings. The maximum absolute atomic E-state index is 13.0. The topological polar surface area (TPSA) is 67.4 Å². The van der Waals surface area contributed by atoms with Crippen LogP contribution < -0.4 is 15.4 Å². The molecule has 0 unspecified atom stereocenters. The zero-order chi connectivity index (χ0) is 18.0. The van der Waals surface area contributed by atoms with Gasteiger partial charge in [0.2, 0.25) is 0 Å². The van der Waals surface area contributed by atoms with E-state index in [4.69, 9.17) is 16.3 Å². The van der Waals surface area contributed by atoms with E-state index in [1.165, 1.54) is 0 Å². The van der Waals surface area contributed by atoms with Crippen molar-refractivity contribution in [2.24, 2.45) is 5.92 Å². The van der Waals surface area contributed by atoms with Gasteiger partial charge in [-0.05, 0) is 42.0 Å². The van der Waals surface area contributed by atoms with Crippen LogP contribution in [0.2, 0.25) is 5.02 Å².